The molecule has 6 nitrogen and oxygen atoms in total. The second kappa shape index (κ2) is 10.0. The summed E-state index contributed by atoms with van der Waals surface area (Å²) >= 11 is 0. The first-order chi connectivity index (χ1) is 15.3. The number of rotatable bonds is 8. The molecule has 154 valence electrons. The highest BCUT2D eigenvalue weighted by molar-refractivity contribution is 5.78. The minimum atomic E-state index is -0.283. The second-order valence-corrected chi connectivity index (χ2v) is 6.72. The molecule has 1 atom stereocenters. The minimum absolute atomic E-state index is 0.102. The van der Waals surface area contributed by atoms with E-state index in [2.05, 4.69) is 15.3 Å². The van der Waals surface area contributed by atoms with Crippen molar-refractivity contribution in [3.63, 3.8) is 0 Å². The van der Waals surface area contributed by atoms with Gasteiger partial charge >= 0.3 is 0 Å². The number of aromatic nitrogens is 2. The normalized spacial score (nSPS) is 11.4. The summed E-state index contributed by atoms with van der Waals surface area (Å²) in [5.74, 6) is 1.50. The topological polar surface area (TPSA) is 73.3 Å². The minimum Gasteiger partial charge on any atom is -0.484 e. The summed E-state index contributed by atoms with van der Waals surface area (Å²) in [6.07, 6.45) is 5.09. The Bertz CT molecular complexity index is 1050. The van der Waals surface area contributed by atoms with Gasteiger partial charge in [-0.3, -0.25) is 9.78 Å². The van der Waals surface area contributed by atoms with Crippen molar-refractivity contribution in [1.82, 2.24) is 15.3 Å². The second-order valence-electron chi connectivity index (χ2n) is 6.72. The maximum Gasteiger partial charge on any atom is 0.258 e. The molecular weight excluding hydrogens is 390 g/mol. The van der Waals surface area contributed by atoms with Crippen LogP contribution in [0.25, 0.3) is 0 Å². The fourth-order valence-electron chi connectivity index (χ4n) is 3.04. The number of nitrogens with one attached hydrogen (secondary N) is 1. The van der Waals surface area contributed by atoms with E-state index in [-0.39, 0.29) is 18.6 Å². The fourth-order valence-corrected chi connectivity index (χ4v) is 3.04. The molecule has 4 aromatic rings. The molecule has 4 rings (SSSR count). The highest BCUT2D eigenvalue weighted by atomic mass is 16.5. The average molecular weight is 411 g/mol. The largest absolute Gasteiger partial charge is 0.484 e. The van der Waals surface area contributed by atoms with Crippen LogP contribution in [0.1, 0.15) is 17.2 Å². The van der Waals surface area contributed by atoms with Crippen molar-refractivity contribution in [2.24, 2.45) is 0 Å². The number of carbonyl (C=O) groups excluding carboxylic acids is 1. The van der Waals surface area contributed by atoms with Gasteiger partial charge in [-0.25, -0.2) is 4.98 Å². The zero-order valence-corrected chi connectivity index (χ0v) is 16.7. The van der Waals surface area contributed by atoms with Crippen molar-refractivity contribution in [2.75, 3.05) is 6.61 Å². The highest BCUT2D eigenvalue weighted by Gasteiger charge is 2.17. The number of ether oxygens (including phenoxy) is 2. The van der Waals surface area contributed by atoms with Crippen molar-refractivity contribution in [1.29, 1.82) is 0 Å². The molecule has 0 spiro atoms. The molecular formula is C25H21N3O3. The van der Waals surface area contributed by atoms with E-state index in [0.717, 1.165) is 11.1 Å². The molecule has 0 fully saturated rings. The van der Waals surface area contributed by atoms with Gasteiger partial charge in [-0.1, -0.05) is 36.4 Å². The third kappa shape index (κ3) is 5.67. The lowest BCUT2D eigenvalue weighted by molar-refractivity contribution is -0.123. The van der Waals surface area contributed by atoms with E-state index in [4.69, 9.17) is 9.47 Å². The summed E-state index contributed by atoms with van der Waals surface area (Å²) in [7, 11) is 0. The molecule has 1 unspecified atom stereocenters. The summed E-state index contributed by atoms with van der Waals surface area (Å²) in [6, 6.07) is 25.8. The van der Waals surface area contributed by atoms with Gasteiger partial charge in [0.1, 0.15) is 11.5 Å². The molecule has 2 heterocycles. The smallest absolute Gasteiger partial charge is 0.258 e. The first-order valence-electron chi connectivity index (χ1n) is 9.84. The predicted octanol–water partition coefficient (Wildman–Crippen LogP) is 4.55. The molecule has 0 saturated carbocycles. The van der Waals surface area contributed by atoms with Crippen LogP contribution in [0.15, 0.2) is 104 Å². The van der Waals surface area contributed by atoms with E-state index in [9.17, 15) is 4.79 Å². The van der Waals surface area contributed by atoms with Crippen molar-refractivity contribution < 1.29 is 14.3 Å². The summed E-state index contributed by atoms with van der Waals surface area (Å²) in [4.78, 5) is 20.8. The Hall–Kier alpha value is -4.19. The van der Waals surface area contributed by atoms with Crippen molar-refractivity contribution in [3.8, 4) is 17.4 Å². The number of benzene rings is 2. The van der Waals surface area contributed by atoms with E-state index in [0.29, 0.717) is 17.4 Å². The van der Waals surface area contributed by atoms with Gasteiger partial charge in [0.05, 0.1) is 6.04 Å². The van der Waals surface area contributed by atoms with E-state index < -0.39 is 0 Å². The maximum atomic E-state index is 12.6. The summed E-state index contributed by atoms with van der Waals surface area (Å²) in [5.41, 5.74) is 1.93. The molecule has 0 saturated heterocycles. The lowest BCUT2D eigenvalue weighted by Crippen LogP contribution is -2.33. The van der Waals surface area contributed by atoms with Crippen LogP contribution in [0, 0.1) is 0 Å². The molecule has 0 bridgehead atoms. The zero-order valence-electron chi connectivity index (χ0n) is 16.7. The van der Waals surface area contributed by atoms with E-state index in [1.54, 1.807) is 48.9 Å². The Morgan fingerprint density at radius 2 is 1.45 bits per heavy atom. The molecule has 0 radical (unpaired) electrons. The highest BCUT2D eigenvalue weighted by Crippen LogP contribution is 2.23. The molecule has 2 aromatic carbocycles. The molecule has 0 aliphatic heterocycles. The maximum absolute atomic E-state index is 12.6. The molecule has 6 heteroatoms. The van der Waals surface area contributed by atoms with Crippen LogP contribution >= 0.6 is 0 Å². The van der Waals surface area contributed by atoms with E-state index >= 15 is 0 Å². The Morgan fingerprint density at radius 3 is 2.16 bits per heavy atom. The molecule has 1 amide bonds. The first-order valence-corrected chi connectivity index (χ1v) is 9.84. The molecule has 0 aliphatic carbocycles. The monoisotopic (exact) mass is 411 g/mol. The standard InChI is InChI=1S/C25H21N3O3/c29-23(28-25(19-6-2-1-3-7-19)20-13-16-26-17-14-20)18-30-21-9-11-22(12-10-21)31-24-8-4-5-15-27-24/h1-17,25H,18H2,(H,28,29). The van der Waals surface area contributed by atoms with Gasteiger partial charge in [0.25, 0.3) is 5.91 Å². The SMILES string of the molecule is O=C(COc1ccc(Oc2ccccn2)cc1)NC(c1ccccc1)c1ccncc1. The van der Waals surface area contributed by atoms with Crippen molar-refractivity contribution in [2.45, 2.75) is 6.04 Å². The Balaban J connectivity index is 1.36. The lowest BCUT2D eigenvalue weighted by atomic mass is 10.00. The molecule has 0 aliphatic rings. The van der Waals surface area contributed by atoms with Crippen LogP contribution in [-0.4, -0.2) is 22.5 Å². The zero-order chi connectivity index (χ0) is 21.3. The average Bonchev–Trinajstić information content (AvgIpc) is 2.84. The van der Waals surface area contributed by atoms with Crippen molar-refractivity contribution >= 4 is 5.91 Å². The first kappa shape index (κ1) is 20.1. The van der Waals surface area contributed by atoms with E-state index in [1.165, 1.54) is 0 Å². The quantitative estimate of drug-likeness (QED) is 0.460. The lowest BCUT2D eigenvalue weighted by Gasteiger charge is -2.20. The third-order valence-corrected chi connectivity index (χ3v) is 4.53. The Morgan fingerprint density at radius 1 is 0.774 bits per heavy atom. The number of hydrogen-bond acceptors (Lipinski definition) is 5. The van der Waals surface area contributed by atoms with Crippen LogP contribution in [0.3, 0.4) is 0 Å². The van der Waals surface area contributed by atoms with Crippen LogP contribution in [0.2, 0.25) is 0 Å². The number of nitrogens with zero attached hydrogens (tertiary/aromatic N) is 2. The predicted molar refractivity (Wildman–Crippen MR) is 117 cm³/mol. The summed E-state index contributed by atoms with van der Waals surface area (Å²) < 4.78 is 11.3. The van der Waals surface area contributed by atoms with Gasteiger partial charge in [-0.05, 0) is 53.6 Å². The number of amides is 1. The van der Waals surface area contributed by atoms with Crippen LogP contribution in [-0.2, 0) is 4.79 Å². The van der Waals surface area contributed by atoms with Crippen LogP contribution in [0.5, 0.6) is 17.4 Å². The van der Waals surface area contributed by atoms with Gasteiger partial charge in [-0.2, -0.15) is 0 Å². The van der Waals surface area contributed by atoms with Crippen LogP contribution in [0.4, 0.5) is 0 Å². The van der Waals surface area contributed by atoms with Gasteiger partial charge in [0.2, 0.25) is 5.88 Å². The number of hydrogen-bond donors (Lipinski definition) is 1. The summed E-state index contributed by atoms with van der Waals surface area (Å²) in [5, 5.41) is 3.04. The Kier molecular flexibility index (Phi) is 6.50. The third-order valence-electron chi connectivity index (χ3n) is 4.53. The van der Waals surface area contributed by atoms with Gasteiger partial charge < -0.3 is 14.8 Å². The Labute approximate surface area is 180 Å². The van der Waals surface area contributed by atoms with Gasteiger partial charge in [0, 0.05) is 24.7 Å². The van der Waals surface area contributed by atoms with Crippen LogP contribution < -0.4 is 14.8 Å². The van der Waals surface area contributed by atoms with E-state index in [1.807, 2.05) is 54.6 Å². The summed E-state index contributed by atoms with van der Waals surface area (Å²) in [6.45, 7) is -0.102. The molecule has 31 heavy (non-hydrogen) atoms. The van der Waals surface area contributed by atoms with Crippen molar-refractivity contribution in [3.05, 3.63) is 115 Å². The molecule has 1 N–H and O–H groups in total. The fraction of sp³-hybridized carbons (Fsp3) is 0.0800. The number of pyridine rings is 2. The van der Waals surface area contributed by atoms with Gasteiger partial charge in [0.15, 0.2) is 6.61 Å². The number of carbonyl (C=O) groups is 1. The van der Waals surface area contributed by atoms with Gasteiger partial charge in [-0.15, -0.1) is 0 Å². The molecule has 2 aromatic heterocycles.